The van der Waals surface area contributed by atoms with Gasteiger partial charge < -0.3 is 25.4 Å². The zero-order valence-electron chi connectivity index (χ0n) is 14.7. The maximum Gasteiger partial charge on any atom is 0.412 e. The zero-order chi connectivity index (χ0) is 19.1. The number of aromatic nitrogens is 2. The highest BCUT2D eigenvalue weighted by Gasteiger charge is 2.13. The first-order chi connectivity index (χ1) is 12.4. The van der Waals surface area contributed by atoms with Crippen LogP contribution in [0.3, 0.4) is 0 Å². The molecule has 9 nitrogen and oxygen atoms in total. The number of nitrogens with zero attached hydrogens (tertiary/aromatic N) is 3. The van der Waals surface area contributed by atoms with Crippen molar-refractivity contribution in [1.29, 1.82) is 0 Å². The van der Waals surface area contributed by atoms with Crippen LogP contribution in [0.25, 0.3) is 0 Å². The summed E-state index contributed by atoms with van der Waals surface area (Å²) in [7, 11) is 5.46. The van der Waals surface area contributed by atoms with Crippen LogP contribution in [0, 0.1) is 0 Å². The molecular weight excluding hydrogens is 360 g/mol. The van der Waals surface area contributed by atoms with Gasteiger partial charge in [0.25, 0.3) is 0 Å². The Morgan fingerprint density at radius 3 is 2.85 bits per heavy atom. The van der Waals surface area contributed by atoms with E-state index >= 15 is 0 Å². The first kappa shape index (κ1) is 19.5. The first-order valence-electron chi connectivity index (χ1n) is 7.75. The predicted molar refractivity (Wildman–Crippen MR) is 101 cm³/mol. The highest BCUT2D eigenvalue weighted by molar-refractivity contribution is 6.35. The number of anilines is 3. The van der Waals surface area contributed by atoms with E-state index in [-0.39, 0.29) is 18.2 Å². The fourth-order valence-electron chi connectivity index (χ4n) is 1.93. The molecular formula is C16H21ClN6O3. The van der Waals surface area contributed by atoms with E-state index in [0.717, 1.165) is 0 Å². The van der Waals surface area contributed by atoms with Crippen LogP contribution in [0.5, 0.6) is 11.5 Å². The Balaban J connectivity index is 2.04. The molecule has 2 heterocycles. The molecule has 2 rings (SSSR count). The van der Waals surface area contributed by atoms with Crippen molar-refractivity contribution in [3.05, 3.63) is 29.5 Å². The molecule has 0 spiro atoms. The van der Waals surface area contributed by atoms with E-state index < -0.39 is 6.09 Å². The third-order valence-corrected chi connectivity index (χ3v) is 3.60. The fraction of sp³-hybridized carbons (Fsp3) is 0.312. The summed E-state index contributed by atoms with van der Waals surface area (Å²) in [6.07, 6.45) is 2.31. The predicted octanol–water partition coefficient (Wildman–Crippen LogP) is 2.66. The maximum atomic E-state index is 11.8. The van der Waals surface area contributed by atoms with E-state index in [1.807, 2.05) is 19.0 Å². The standard InChI is InChI=1S/C16H21ClN6O3/c1-19-14-13(17)11(9-21-15(14)18)26-10-4-5-20-12(8-10)22-16(24)25-7-6-23(2)3/h4-5,8-9,19H,6-7H2,1-3H3,(H2,18,21)(H,20,22,24). The van der Waals surface area contributed by atoms with Gasteiger partial charge in [0.2, 0.25) is 0 Å². The SMILES string of the molecule is CNc1c(N)ncc(Oc2ccnc(NC(=O)OCCN(C)C)c2)c1Cl. The monoisotopic (exact) mass is 380 g/mol. The van der Waals surface area contributed by atoms with Crippen molar-refractivity contribution in [3.63, 3.8) is 0 Å². The number of nitrogens with two attached hydrogens (primary N) is 1. The minimum atomic E-state index is -0.596. The maximum absolute atomic E-state index is 11.8. The Morgan fingerprint density at radius 2 is 2.15 bits per heavy atom. The van der Waals surface area contributed by atoms with E-state index in [1.165, 1.54) is 12.4 Å². The number of nitrogens with one attached hydrogen (secondary N) is 2. The van der Waals surface area contributed by atoms with Gasteiger partial charge in [-0.2, -0.15) is 0 Å². The van der Waals surface area contributed by atoms with Gasteiger partial charge in [-0.25, -0.2) is 14.8 Å². The van der Waals surface area contributed by atoms with E-state index in [0.29, 0.717) is 28.8 Å². The van der Waals surface area contributed by atoms with Gasteiger partial charge in [0, 0.05) is 25.9 Å². The molecule has 0 aromatic carbocycles. The number of hydrogen-bond acceptors (Lipinski definition) is 8. The molecule has 0 atom stereocenters. The molecule has 2 aromatic rings. The molecule has 140 valence electrons. The lowest BCUT2D eigenvalue weighted by Gasteiger charge is -2.13. The normalized spacial score (nSPS) is 10.5. The average Bonchev–Trinajstić information content (AvgIpc) is 2.58. The molecule has 0 bridgehead atoms. The van der Waals surface area contributed by atoms with Crippen molar-refractivity contribution in [2.45, 2.75) is 0 Å². The molecule has 0 saturated carbocycles. The second-order valence-electron chi connectivity index (χ2n) is 5.49. The minimum Gasteiger partial charge on any atom is -0.454 e. The van der Waals surface area contributed by atoms with Crippen LogP contribution >= 0.6 is 11.6 Å². The minimum absolute atomic E-state index is 0.266. The summed E-state index contributed by atoms with van der Waals surface area (Å²) < 4.78 is 10.8. The average molecular weight is 381 g/mol. The molecule has 0 aliphatic heterocycles. The zero-order valence-corrected chi connectivity index (χ0v) is 15.5. The molecule has 0 unspecified atom stereocenters. The molecule has 4 N–H and O–H groups in total. The molecule has 0 fully saturated rings. The Bertz CT molecular complexity index is 772. The number of amides is 1. The van der Waals surface area contributed by atoms with Crippen LogP contribution in [0.4, 0.5) is 22.1 Å². The lowest BCUT2D eigenvalue weighted by molar-refractivity contribution is 0.151. The summed E-state index contributed by atoms with van der Waals surface area (Å²) in [5.41, 5.74) is 6.22. The highest BCUT2D eigenvalue weighted by Crippen LogP contribution is 2.37. The largest absolute Gasteiger partial charge is 0.454 e. The Hall–Kier alpha value is -2.78. The number of hydrogen-bond donors (Lipinski definition) is 3. The van der Waals surface area contributed by atoms with E-state index in [2.05, 4.69) is 20.6 Å². The van der Waals surface area contributed by atoms with Crippen LogP contribution in [0.1, 0.15) is 0 Å². The summed E-state index contributed by atoms with van der Waals surface area (Å²) in [5.74, 6) is 1.28. The molecule has 0 aliphatic carbocycles. The van der Waals surface area contributed by atoms with E-state index in [4.69, 9.17) is 26.8 Å². The number of halogens is 1. The number of likely N-dealkylation sites (N-methyl/N-ethyl adjacent to an activating group) is 1. The second kappa shape index (κ2) is 9.07. The van der Waals surface area contributed by atoms with Gasteiger partial charge in [0.15, 0.2) is 5.75 Å². The van der Waals surface area contributed by atoms with E-state index in [1.54, 1.807) is 19.2 Å². The number of carbonyl (C=O) groups excluding carboxylic acids is 1. The third-order valence-electron chi connectivity index (χ3n) is 3.22. The summed E-state index contributed by atoms with van der Waals surface area (Å²) in [6, 6.07) is 3.16. The number of ether oxygens (including phenoxy) is 2. The molecule has 0 aliphatic rings. The fourth-order valence-corrected chi connectivity index (χ4v) is 2.20. The quantitative estimate of drug-likeness (QED) is 0.671. The summed E-state index contributed by atoms with van der Waals surface area (Å²) in [6.45, 7) is 0.898. The number of carbonyl (C=O) groups is 1. The lowest BCUT2D eigenvalue weighted by atomic mass is 10.3. The van der Waals surface area contributed by atoms with Gasteiger partial charge in [-0.1, -0.05) is 11.6 Å². The van der Waals surface area contributed by atoms with Gasteiger partial charge >= 0.3 is 6.09 Å². The molecule has 2 aromatic heterocycles. The smallest absolute Gasteiger partial charge is 0.412 e. The van der Waals surface area contributed by atoms with Gasteiger partial charge in [0.05, 0.1) is 11.9 Å². The van der Waals surface area contributed by atoms with Crippen molar-refractivity contribution >= 4 is 35.0 Å². The van der Waals surface area contributed by atoms with Gasteiger partial charge in [0.1, 0.15) is 29.0 Å². The molecule has 0 radical (unpaired) electrons. The molecule has 0 saturated heterocycles. The highest BCUT2D eigenvalue weighted by atomic mass is 35.5. The van der Waals surface area contributed by atoms with Crippen LogP contribution in [0.2, 0.25) is 5.02 Å². The number of pyridine rings is 2. The Morgan fingerprint density at radius 1 is 1.38 bits per heavy atom. The van der Waals surface area contributed by atoms with Crippen molar-refractivity contribution < 1.29 is 14.3 Å². The Labute approximate surface area is 156 Å². The molecule has 26 heavy (non-hydrogen) atoms. The van der Waals surface area contributed by atoms with Crippen LogP contribution < -0.4 is 21.1 Å². The number of nitrogen functional groups attached to an aromatic ring is 1. The molecule has 10 heteroatoms. The van der Waals surface area contributed by atoms with Gasteiger partial charge in [-0.05, 0) is 20.2 Å². The van der Waals surface area contributed by atoms with Crippen LogP contribution in [-0.4, -0.2) is 55.3 Å². The summed E-state index contributed by atoms with van der Waals surface area (Å²) in [4.78, 5) is 21.7. The van der Waals surface area contributed by atoms with Crippen molar-refractivity contribution in [1.82, 2.24) is 14.9 Å². The first-order valence-corrected chi connectivity index (χ1v) is 8.12. The van der Waals surface area contributed by atoms with Crippen molar-refractivity contribution in [2.24, 2.45) is 0 Å². The topological polar surface area (TPSA) is 115 Å². The second-order valence-corrected chi connectivity index (χ2v) is 5.87. The van der Waals surface area contributed by atoms with Crippen LogP contribution in [0.15, 0.2) is 24.5 Å². The Kier molecular flexibility index (Phi) is 6.81. The molecule has 1 amide bonds. The van der Waals surface area contributed by atoms with Gasteiger partial charge in [-0.15, -0.1) is 0 Å². The van der Waals surface area contributed by atoms with Crippen molar-refractivity contribution in [2.75, 3.05) is 50.7 Å². The summed E-state index contributed by atoms with van der Waals surface area (Å²) >= 11 is 6.25. The van der Waals surface area contributed by atoms with Crippen molar-refractivity contribution in [3.8, 4) is 11.5 Å². The van der Waals surface area contributed by atoms with E-state index in [9.17, 15) is 4.79 Å². The number of rotatable bonds is 7. The summed E-state index contributed by atoms with van der Waals surface area (Å²) in [5, 5.41) is 5.70. The third kappa shape index (κ3) is 5.36. The van der Waals surface area contributed by atoms with Crippen LogP contribution in [-0.2, 0) is 4.74 Å². The van der Waals surface area contributed by atoms with Gasteiger partial charge in [-0.3, -0.25) is 5.32 Å². The lowest BCUT2D eigenvalue weighted by Crippen LogP contribution is -2.22.